The molecule has 0 heterocycles. The predicted octanol–water partition coefficient (Wildman–Crippen LogP) is 2.61. The Morgan fingerprint density at radius 3 is 2.32 bits per heavy atom. The summed E-state index contributed by atoms with van der Waals surface area (Å²) in [6, 6.07) is 9.11. The van der Waals surface area contributed by atoms with Crippen LogP contribution in [0.15, 0.2) is 24.3 Å². The van der Waals surface area contributed by atoms with Gasteiger partial charge < -0.3 is 10.5 Å². The topological polar surface area (TPSA) is 38.5 Å². The summed E-state index contributed by atoms with van der Waals surface area (Å²) in [5.74, 6) is 0. The molecule has 108 valence electrons. The lowest BCUT2D eigenvalue weighted by Crippen LogP contribution is -2.36. The Balaban J connectivity index is 2.71. The van der Waals surface area contributed by atoms with Crippen LogP contribution in [0.2, 0.25) is 0 Å². The van der Waals surface area contributed by atoms with Crippen molar-refractivity contribution in [2.45, 2.75) is 33.2 Å². The molecule has 1 rings (SSSR count). The van der Waals surface area contributed by atoms with Crippen molar-refractivity contribution in [2.24, 2.45) is 5.73 Å². The molecule has 1 atom stereocenters. The van der Waals surface area contributed by atoms with E-state index in [2.05, 4.69) is 43.0 Å². The van der Waals surface area contributed by atoms with Gasteiger partial charge >= 0.3 is 0 Å². The average Bonchev–Trinajstić information content (AvgIpc) is 2.47. The highest BCUT2D eigenvalue weighted by Gasteiger charge is 2.17. The number of benzene rings is 1. The molecule has 3 heteroatoms. The van der Waals surface area contributed by atoms with Gasteiger partial charge in [0.05, 0.1) is 6.61 Å². The molecule has 0 spiro atoms. The average molecular weight is 264 g/mol. The van der Waals surface area contributed by atoms with E-state index in [-0.39, 0.29) is 6.04 Å². The van der Waals surface area contributed by atoms with Crippen LogP contribution in [0.5, 0.6) is 0 Å². The fourth-order valence-electron chi connectivity index (χ4n) is 2.33. The number of hydrogen-bond donors (Lipinski definition) is 1. The highest BCUT2D eigenvalue weighted by atomic mass is 16.5. The molecule has 0 fully saturated rings. The van der Waals surface area contributed by atoms with Crippen LogP contribution in [0.4, 0.5) is 0 Å². The molecule has 3 nitrogen and oxygen atoms in total. The Bertz CT molecular complexity index is 337. The Hall–Kier alpha value is -0.900. The van der Waals surface area contributed by atoms with Gasteiger partial charge in [-0.15, -0.1) is 0 Å². The summed E-state index contributed by atoms with van der Waals surface area (Å²) in [5, 5.41) is 0. The summed E-state index contributed by atoms with van der Waals surface area (Å²) >= 11 is 0. The smallest absolute Gasteiger partial charge is 0.0593 e. The van der Waals surface area contributed by atoms with E-state index in [1.807, 2.05) is 6.92 Å². The third-order valence-electron chi connectivity index (χ3n) is 3.57. The third kappa shape index (κ3) is 4.94. The maximum absolute atomic E-state index is 5.97. The summed E-state index contributed by atoms with van der Waals surface area (Å²) in [6.07, 6.45) is 1.08. The van der Waals surface area contributed by atoms with E-state index >= 15 is 0 Å². The summed E-state index contributed by atoms with van der Waals surface area (Å²) in [4.78, 5) is 2.39. The van der Waals surface area contributed by atoms with Crippen molar-refractivity contribution in [3.63, 3.8) is 0 Å². The van der Waals surface area contributed by atoms with E-state index in [1.54, 1.807) is 0 Å². The zero-order valence-corrected chi connectivity index (χ0v) is 12.6. The largest absolute Gasteiger partial charge is 0.380 e. The second-order valence-corrected chi connectivity index (χ2v) is 4.67. The minimum Gasteiger partial charge on any atom is -0.380 e. The van der Waals surface area contributed by atoms with Crippen LogP contribution < -0.4 is 5.73 Å². The van der Waals surface area contributed by atoms with Crippen molar-refractivity contribution >= 4 is 0 Å². The fraction of sp³-hybridized carbons (Fsp3) is 0.625. The number of nitrogens with zero attached hydrogens (tertiary/aromatic N) is 1. The monoisotopic (exact) mass is 264 g/mol. The molecule has 19 heavy (non-hydrogen) atoms. The van der Waals surface area contributed by atoms with Gasteiger partial charge in [-0.1, -0.05) is 38.1 Å². The zero-order chi connectivity index (χ0) is 14.1. The first-order chi connectivity index (χ1) is 9.26. The molecular weight excluding hydrogens is 236 g/mol. The minimum atomic E-state index is 0.288. The fourth-order valence-corrected chi connectivity index (χ4v) is 2.33. The van der Waals surface area contributed by atoms with E-state index in [0.29, 0.717) is 6.54 Å². The summed E-state index contributed by atoms with van der Waals surface area (Å²) in [6.45, 7) is 10.5. The zero-order valence-electron chi connectivity index (χ0n) is 12.6. The molecule has 0 aliphatic rings. The Kier molecular flexibility index (Phi) is 7.72. The van der Waals surface area contributed by atoms with Gasteiger partial charge in [-0.2, -0.15) is 0 Å². The van der Waals surface area contributed by atoms with Crippen LogP contribution in [0.3, 0.4) is 0 Å². The quantitative estimate of drug-likeness (QED) is 0.697. The molecule has 0 bridgehead atoms. The van der Waals surface area contributed by atoms with Crippen molar-refractivity contribution < 1.29 is 4.74 Å². The summed E-state index contributed by atoms with van der Waals surface area (Å²) < 4.78 is 5.45. The number of likely N-dealkylation sites (N-methyl/N-ethyl adjacent to an activating group) is 1. The van der Waals surface area contributed by atoms with E-state index in [0.717, 1.165) is 32.7 Å². The van der Waals surface area contributed by atoms with Crippen molar-refractivity contribution in [1.82, 2.24) is 4.90 Å². The van der Waals surface area contributed by atoms with Crippen molar-refractivity contribution in [2.75, 3.05) is 32.8 Å². The minimum absolute atomic E-state index is 0.288. The first-order valence-electron chi connectivity index (χ1n) is 7.37. The van der Waals surface area contributed by atoms with E-state index in [4.69, 9.17) is 10.5 Å². The van der Waals surface area contributed by atoms with Gasteiger partial charge in [-0.3, -0.25) is 4.90 Å². The number of rotatable bonds is 9. The second-order valence-electron chi connectivity index (χ2n) is 4.67. The summed E-state index contributed by atoms with van der Waals surface area (Å²) in [7, 11) is 0. The highest BCUT2D eigenvalue weighted by Crippen LogP contribution is 2.20. The van der Waals surface area contributed by atoms with Crippen LogP contribution in [0.1, 0.15) is 37.9 Å². The highest BCUT2D eigenvalue weighted by molar-refractivity contribution is 5.25. The van der Waals surface area contributed by atoms with Crippen molar-refractivity contribution in [3.8, 4) is 0 Å². The molecule has 1 aromatic rings. The lowest BCUT2D eigenvalue weighted by atomic mass is 10.0. The van der Waals surface area contributed by atoms with Gasteiger partial charge in [0, 0.05) is 25.7 Å². The van der Waals surface area contributed by atoms with Gasteiger partial charge in [0.15, 0.2) is 0 Å². The molecule has 2 N–H and O–H groups in total. The van der Waals surface area contributed by atoms with Gasteiger partial charge in [-0.05, 0) is 31.0 Å². The van der Waals surface area contributed by atoms with Crippen LogP contribution in [0.25, 0.3) is 0 Å². The maximum Gasteiger partial charge on any atom is 0.0593 e. The van der Waals surface area contributed by atoms with Gasteiger partial charge in [0.25, 0.3) is 0 Å². The molecule has 0 aliphatic heterocycles. The SMILES string of the molecule is CCOCCN(CC)C(CN)c1ccc(CC)cc1. The van der Waals surface area contributed by atoms with Crippen LogP contribution in [-0.2, 0) is 11.2 Å². The number of aryl methyl sites for hydroxylation is 1. The lowest BCUT2D eigenvalue weighted by Gasteiger charge is -2.30. The van der Waals surface area contributed by atoms with Crippen molar-refractivity contribution in [1.29, 1.82) is 0 Å². The first-order valence-corrected chi connectivity index (χ1v) is 7.37. The first kappa shape index (κ1) is 16.2. The molecule has 0 saturated heterocycles. The van der Waals surface area contributed by atoms with Crippen LogP contribution >= 0.6 is 0 Å². The molecule has 1 aromatic carbocycles. The van der Waals surface area contributed by atoms with Gasteiger partial charge in [-0.25, -0.2) is 0 Å². The molecule has 0 aromatic heterocycles. The number of ether oxygens (including phenoxy) is 1. The van der Waals surface area contributed by atoms with Crippen LogP contribution in [-0.4, -0.2) is 37.7 Å². The molecule has 0 aliphatic carbocycles. The van der Waals surface area contributed by atoms with Gasteiger partial charge in [0.2, 0.25) is 0 Å². The Morgan fingerprint density at radius 2 is 1.84 bits per heavy atom. The number of hydrogen-bond acceptors (Lipinski definition) is 3. The molecule has 0 radical (unpaired) electrons. The second kappa shape index (κ2) is 9.08. The van der Waals surface area contributed by atoms with E-state index in [9.17, 15) is 0 Å². The predicted molar refractivity (Wildman–Crippen MR) is 81.4 cm³/mol. The normalized spacial score (nSPS) is 12.9. The molecular formula is C16H28N2O. The third-order valence-corrected chi connectivity index (χ3v) is 3.57. The number of nitrogens with two attached hydrogens (primary N) is 1. The Morgan fingerprint density at radius 1 is 1.16 bits per heavy atom. The Labute approximate surface area is 117 Å². The van der Waals surface area contributed by atoms with E-state index < -0.39 is 0 Å². The molecule has 0 saturated carbocycles. The summed E-state index contributed by atoms with van der Waals surface area (Å²) in [5.41, 5.74) is 8.65. The molecule has 0 amide bonds. The lowest BCUT2D eigenvalue weighted by molar-refractivity contribution is 0.0980. The maximum atomic E-state index is 5.97. The molecule has 1 unspecified atom stereocenters. The van der Waals surface area contributed by atoms with Crippen LogP contribution in [0, 0.1) is 0 Å². The standard InChI is InChI=1S/C16H28N2O/c1-4-14-7-9-15(10-8-14)16(13-17)18(5-2)11-12-19-6-3/h7-10,16H,4-6,11-13,17H2,1-3H3. The van der Waals surface area contributed by atoms with Crippen molar-refractivity contribution in [3.05, 3.63) is 35.4 Å². The van der Waals surface area contributed by atoms with E-state index in [1.165, 1.54) is 11.1 Å². The van der Waals surface area contributed by atoms with Gasteiger partial charge in [0.1, 0.15) is 0 Å².